The molecule has 25 heavy (non-hydrogen) atoms. The molecule has 0 bridgehead atoms. The van der Waals surface area contributed by atoms with Crippen LogP contribution < -0.4 is 19.6 Å². The molecule has 1 heterocycles. The van der Waals surface area contributed by atoms with Gasteiger partial charge in [-0.2, -0.15) is 0 Å². The Morgan fingerprint density at radius 2 is 1.68 bits per heavy atom. The van der Waals surface area contributed by atoms with Crippen molar-refractivity contribution >= 4 is 11.0 Å². The van der Waals surface area contributed by atoms with Gasteiger partial charge in [-0.05, 0) is 36.8 Å². The third-order valence-corrected chi connectivity index (χ3v) is 4.02. The molecule has 6 nitrogen and oxygen atoms in total. The van der Waals surface area contributed by atoms with Crippen molar-refractivity contribution in [1.29, 1.82) is 0 Å². The van der Waals surface area contributed by atoms with Crippen molar-refractivity contribution in [3.8, 4) is 34.3 Å². The smallest absolute Gasteiger partial charge is 0.235 e. The fourth-order valence-electron chi connectivity index (χ4n) is 2.72. The van der Waals surface area contributed by atoms with Crippen molar-refractivity contribution < 1.29 is 23.7 Å². The van der Waals surface area contributed by atoms with Crippen LogP contribution in [0.25, 0.3) is 22.3 Å². The maximum atomic E-state index is 12.6. The summed E-state index contributed by atoms with van der Waals surface area (Å²) in [6.07, 6.45) is 0. The SMILES string of the molecule is COc1cc(OC)c2oc(-c3ccc(OC)c(C)c3)c(O)c(=O)c2c1. The van der Waals surface area contributed by atoms with Crippen LogP contribution >= 0.6 is 0 Å². The lowest BCUT2D eigenvalue weighted by Crippen LogP contribution is -2.04. The summed E-state index contributed by atoms with van der Waals surface area (Å²) in [4.78, 5) is 12.6. The molecule has 0 saturated carbocycles. The lowest BCUT2D eigenvalue weighted by molar-refractivity contribution is 0.390. The molecule has 3 rings (SSSR count). The van der Waals surface area contributed by atoms with Crippen molar-refractivity contribution in [2.45, 2.75) is 6.92 Å². The maximum absolute atomic E-state index is 12.6. The zero-order valence-corrected chi connectivity index (χ0v) is 14.4. The molecule has 0 aliphatic carbocycles. The molecule has 2 aromatic carbocycles. The highest BCUT2D eigenvalue weighted by atomic mass is 16.5. The summed E-state index contributed by atoms with van der Waals surface area (Å²) in [5, 5.41) is 10.6. The van der Waals surface area contributed by atoms with Gasteiger partial charge in [0.15, 0.2) is 17.1 Å². The van der Waals surface area contributed by atoms with Crippen LogP contribution in [0.1, 0.15) is 5.56 Å². The van der Waals surface area contributed by atoms with Crippen molar-refractivity contribution in [1.82, 2.24) is 0 Å². The van der Waals surface area contributed by atoms with Gasteiger partial charge in [-0.15, -0.1) is 0 Å². The number of rotatable bonds is 4. The number of hydrogen-bond donors (Lipinski definition) is 1. The average molecular weight is 342 g/mol. The van der Waals surface area contributed by atoms with Gasteiger partial charge in [0.1, 0.15) is 11.5 Å². The molecule has 0 aliphatic heterocycles. The van der Waals surface area contributed by atoms with E-state index in [1.165, 1.54) is 20.3 Å². The first-order valence-corrected chi connectivity index (χ1v) is 7.57. The summed E-state index contributed by atoms with van der Waals surface area (Å²) in [5.41, 5.74) is 1.10. The third-order valence-electron chi connectivity index (χ3n) is 4.02. The molecule has 6 heteroatoms. The lowest BCUT2D eigenvalue weighted by Gasteiger charge is -2.11. The largest absolute Gasteiger partial charge is 0.502 e. The summed E-state index contributed by atoms with van der Waals surface area (Å²) in [6.45, 7) is 1.87. The molecule has 1 N–H and O–H groups in total. The van der Waals surface area contributed by atoms with Crippen LogP contribution in [0.15, 0.2) is 39.5 Å². The van der Waals surface area contributed by atoms with E-state index in [0.717, 1.165) is 5.56 Å². The Morgan fingerprint density at radius 3 is 2.28 bits per heavy atom. The highest BCUT2D eigenvalue weighted by molar-refractivity contribution is 5.87. The number of aryl methyl sites for hydroxylation is 1. The summed E-state index contributed by atoms with van der Waals surface area (Å²) < 4.78 is 21.5. The second-order valence-electron chi connectivity index (χ2n) is 5.50. The maximum Gasteiger partial charge on any atom is 0.235 e. The van der Waals surface area contributed by atoms with Gasteiger partial charge in [0.25, 0.3) is 0 Å². The summed E-state index contributed by atoms with van der Waals surface area (Å²) >= 11 is 0. The average Bonchev–Trinajstić information content (AvgIpc) is 2.63. The Hall–Kier alpha value is -3.15. The van der Waals surface area contributed by atoms with Crippen LogP contribution in [0.4, 0.5) is 0 Å². The second-order valence-corrected chi connectivity index (χ2v) is 5.50. The van der Waals surface area contributed by atoms with Crippen molar-refractivity contribution in [3.63, 3.8) is 0 Å². The van der Waals surface area contributed by atoms with E-state index in [2.05, 4.69) is 0 Å². The van der Waals surface area contributed by atoms with E-state index in [1.54, 1.807) is 31.4 Å². The summed E-state index contributed by atoms with van der Waals surface area (Å²) in [5.74, 6) is 1.09. The minimum Gasteiger partial charge on any atom is -0.502 e. The molecule has 0 atom stereocenters. The van der Waals surface area contributed by atoms with Crippen molar-refractivity contribution in [2.24, 2.45) is 0 Å². The first-order chi connectivity index (χ1) is 12.0. The van der Waals surface area contributed by atoms with Crippen LogP contribution in [0.5, 0.6) is 23.0 Å². The Balaban J connectivity index is 2.32. The van der Waals surface area contributed by atoms with Gasteiger partial charge in [-0.1, -0.05) is 0 Å². The first-order valence-electron chi connectivity index (χ1n) is 7.57. The molecular weight excluding hydrogens is 324 g/mol. The van der Waals surface area contributed by atoms with E-state index >= 15 is 0 Å². The fraction of sp³-hybridized carbons (Fsp3) is 0.211. The van der Waals surface area contributed by atoms with Crippen LogP contribution in [0.3, 0.4) is 0 Å². The first kappa shape index (κ1) is 16.7. The van der Waals surface area contributed by atoms with Crippen LogP contribution in [0, 0.1) is 6.92 Å². The molecular formula is C19H18O6. The van der Waals surface area contributed by atoms with Crippen molar-refractivity contribution in [2.75, 3.05) is 21.3 Å². The topological polar surface area (TPSA) is 78.1 Å². The van der Waals surface area contributed by atoms with Gasteiger partial charge < -0.3 is 23.7 Å². The van der Waals surface area contributed by atoms with E-state index in [9.17, 15) is 9.90 Å². The van der Waals surface area contributed by atoms with Gasteiger partial charge >= 0.3 is 0 Å². The Labute approximate surface area is 144 Å². The molecule has 3 aromatic rings. The number of methoxy groups -OCH3 is 3. The molecule has 0 unspecified atom stereocenters. The van der Waals surface area contributed by atoms with E-state index in [4.69, 9.17) is 18.6 Å². The summed E-state index contributed by atoms with van der Waals surface area (Å²) in [7, 11) is 4.53. The van der Waals surface area contributed by atoms with Gasteiger partial charge in [0.05, 0.1) is 26.7 Å². The zero-order chi connectivity index (χ0) is 18.1. The Bertz CT molecular complexity index is 1000. The Kier molecular flexibility index (Phi) is 4.27. The van der Waals surface area contributed by atoms with Crippen molar-refractivity contribution in [3.05, 3.63) is 46.1 Å². The minimum absolute atomic E-state index is 0.0757. The van der Waals surface area contributed by atoms with Crippen LogP contribution in [0.2, 0.25) is 0 Å². The predicted molar refractivity (Wildman–Crippen MR) is 94.0 cm³/mol. The third kappa shape index (κ3) is 2.76. The Morgan fingerprint density at radius 1 is 0.960 bits per heavy atom. The molecule has 0 radical (unpaired) electrons. The highest BCUT2D eigenvalue weighted by Crippen LogP contribution is 2.37. The van der Waals surface area contributed by atoms with E-state index in [0.29, 0.717) is 22.8 Å². The van der Waals surface area contributed by atoms with Crippen LogP contribution in [-0.4, -0.2) is 26.4 Å². The number of ether oxygens (including phenoxy) is 3. The summed E-state index contributed by atoms with van der Waals surface area (Å²) in [6, 6.07) is 8.36. The predicted octanol–water partition coefficient (Wildman–Crippen LogP) is 3.50. The molecule has 0 saturated heterocycles. The van der Waals surface area contributed by atoms with Gasteiger partial charge in [-0.3, -0.25) is 4.79 Å². The number of benzene rings is 2. The molecule has 1 aromatic heterocycles. The molecule has 0 fully saturated rings. The molecule has 0 aliphatic rings. The van der Waals surface area contributed by atoms with E-state index in [-0.39, 0.29) is 16.7 Å². The highest BCUT2D eigenvalue weighted by Gasteiger charge is 2.19. The van der Waals surface area contributed by atoms with Gasteiger partial charge in [-0.25, -0.2) is 0 Å². The van der Waals surface area contributed by atoms with Gasteiger partial charge in [0.2, 0.25) is 11.2 Å². The second kappa shape index (κ2) is 6.39. The van der Waals surface area contributed by atoms with E-state index in [1.807, 2.05) is 6.92 Å². The number of hydrogen-bond acceptors (Lipinski definition) is 6. The molecule has 0 amide bonds. The quantitative estimate of drug-likeness (QED) is 0.782. The number of fused-ring (bicyclic) bond motifs is 1. The monoisotopic (exact) mass is 342 g/mol. The van der Waals surface area contributed by atoms with Crippen LogP contribution in [-0.2, 0) is 0 Å². The molecule has 0 spiro atoms. The standard InChI is InChI=1S/C19H18O6/c1-10-7-11(5-6-14(10)23-3)18-17(21)16(20)13-8-12(22-2)9-15(24-4)19(13)25-18/h5-9,21H,1-4H3. The zero-order valence-electron chi connectivity index (χ0n) is 14.4. The minimum atomic E-state index is -0.554. The van der Waals surface area contributed by atoms with E-state index < -0.39 is 11.2 Å². The fourth-order valence-corrected chi connectivity index (χ4v) is 2.72. The molecule has 130 valence electrons. The normalized spacial score (nSPS) is 10.7. The lowest BCUT2D eigenvalue weighted by atomic mass is 10.1. The van der Waals surface area contributed by atoms with Gasteiger partial charge in [0, 0.05) is 11.6 Å². The number of aromatic hydroxyl groups is 1.